The Bertz CT molecular complexity index is 1200. The summed E-state index contributed by atoms with van der Waals surface area (Å²) in [5, 5.41) is 3.65. The number of hydrogen-bond donors (Lipinski definition) is 1. The fourth-order valence-corrected chi connectivity index (χ4v) is 7.92. The number of carbonyl (C=O) groups excluding carboxylic acids is 1. The fourth-order valence-electron chi connectivity index (χ4n) is 7.92. The van der Waals surface area contributed by atoms with Gasteiger partial charge in [0.15, 0.2) is 0 Å². The zero-order valence-corrected chi connectivity index (χ0v) is 22.8. The molecule has 0 radical (unpaired) electrons. The highest BCUT2D eigenvalue weighted by Gasteiger charge is 2.54. The first-order chi connectivity index (χ1) is 18.0. The molecule has 1 aromatic heterocycles. The van der Waals surface area contributed by atoms with Crippen molar-refractivity contribution in [3.8, 4) is 0 Å². The molecule has 1 aromatic carbocycles. The van der Waals surface area contributed by atoms with Gasteiger partial charge in [-0.15, -0.1) is 0 Å². The number of likely N-dealkylation sites (tertiary alicyclic amines) is 1. The van der Waals surface area contributed by atoms with Crippen molar-refractivity contribution in [3.63, 3.8) is 0 Å². The van der Waals surface area contributed by atoms with Gasteiger partial charge in [0.1, 0.15) is 0 Å². The van der Waals surface area contributed by atoms with E-state index in [0.29, 0.717) is 11.8 Å². The lowest BCUT2D eigenvalue weighted by molar-refractivity contribution is -0.139. The summed E-state index contributed by atoms with van der Waals surface area (Å²) in [7, 11) is 2.18. The minimum absolute atomic E-state index is 0.0821. The molecule has 4 heteroatoms. The molecule has 2 aliphatic carbocycles. The molecule has 196 valence electrons. The van der Waals surface area contributed by atoms with Crippen LogP contribution >= 0.6 is 0 Å². The molecule has 1 amide bonds. The number of nitrogens with one attached hydrogen (secondary N) is 1. The van der Waals surface area contributed by atoms with Crippen LogP contribution in [0.15, 0.2) is 60.2 Å². The van der Waals surface area contributed by atoms with Gasteiger partial charge in [-0.1, -0.05) is 60.6 Å². The van der Waals surface area contributed by atoms with Crippen LogP contribution in [0.1, 0.15) is 79.8 Å². The highest BCUT2D eigenvalue weighted by molar-refractivity contribution is 5.83. The second-order valence-electron chi connectivity index (χ2n) is 12.1. The van der Waals surface area contributed by atoms with Crippen LogP contribution in [0.25, 0.3) is 0 Å². The fraction of sp³-hybridized carbons (Fsp3) is 0.545. The summed E-state index contributed by atoms with van der Waals surface area (Å²) in [6.45, 7) is 9.19. The van der Waals surface area contributed by atoms with Gasteiger partial charge in [0.2, 0.25) is 5.91 Å². The van der Waals surface area contributed by atoms with Crippen LogP contribution in [0, 0.1) is 12.8 Å². The minimum atomic E-state index is -0.282. The Morgan fingerprint density at radius 3 is 2.68 bits per heavy atom. The monoisotopic (exact) mass is 497 g/mol. The summed E-state index contributed by atoms with van der Waals surface area (Å²) in [6, 6.07) is 13.5. The van der Waals surface area contributed by atoms with Gasteiger partial charge in [-0.05, 0) is 81.4 Å². The van der Waals surface area contributed by atoms with E-state index in [2.05, 4.69) is 77.8 Å². The molecule has 2 aliphatic heterocycles. The Morgan fingerprint density at radius 2 is 1.89 bits per heavy atom. The standard InChI is InChI=1S/C33H43N3O/c1-23-14-15-31-29(18-24(2)35(31)3)33(23)22-34-21-30(33)32(37)36-17-16-27(26-12-8-5-9-13-26)20-28(36)19-25-10-6-4-7-11-25/h5,8-9,12-13,18-19,27-28,30,34H,1,4,6-7,10-11,14-17,20-22H2,2-3H3. The van der Waals surface area contributed by atoms with E-state index in [1.165, 1.54) is 60.2 Å². The number of benzene rings is 1. The van der Waals surface area contributed by atoms with Gasteiger partial charge in [0, 0.05) is 43.5 Å². The van der Waals surface area contributed by atoms with E-state index in [4.69, 9.17) is 0 Å². The van der Waals surface area contributed by atoms with Gasteiger partial charge >= 0.3 is 0 Å². The molecule has 37 heavy (non-hydrogen) atoms. The summed E-state index contributed by atoms with van der Waals surface area (Å²) in [5.74, 6) is 0.769. The van der Waals surface area contributed by atoms with Crippen LogP contribution in [0.2, 0.25) is 0 Å². The van der Waals surface area contributed by atoms with Crippen molar-refractivity contribution in [1.82, 2.24) is 14.8 Å². The van der Waals surface area contributed by atoms with Crippen molar-refractivity contribution in [2.45, 2.75) is 82.1 Å². The van der Waals surface area contributed by atoms with E-state index in [-0.39, 0.29) is 17.4 Å². The molecule has 0 bridgehead atoms. The highest BCUT2D eigenvalue weighted by Crippen LogP contribution is 2.50. The number of hydrogen-bond acceptors (Lipinski definition) is 2. The minimum Gasteiger partial charge on any atom is -0.352 e. The summed E-state index contributed by atoms with van der Waals surface area (Å²) in [5.41, 5.74) is 7.99. The number of aryl methyl sites for hydroxylation is 1. The Morgan fingerprint density at radius 1 is 1.11 bits per heavy atom. The Kier molecular flexibility index (Phi) is 6.65. The normalized spacial score (nSPS) is 30.0. The Hall–Kier alpha value is -2.59. The molecule has 4 unspecified atom stereocenters. The summed E-state index contributed by atoms with van der Waals surface area (Å²) in [6.07, 6.45) is 12.9. The van der Waals surface area contributed by atoms with Crippen LogP contribution < -0.4 is 5.32 Å². The maximum absolute atomic E-state index is 14.6. The van der Waals surface area contributed by atoms with Crippen molar-refractivity contribution in [2.75, 3.05) is 19.6 Å². The van der Waals surface area contributed by atoms with Crippen molar-refractivity contribution in [3.05, 3.63) is 82.7 Å². The van der Waals surface area contributed by atoms with Gasteiger partial charge in [-0.3, -0.25) is 4.79 Å². The quantitative estimate of drug-likeness (QED) is 0.532. The van der Waals surface area contributed by atoms with Gasteiger partial charge in [0.05, 0.1) is 12.0 Å². The number of aromatic nitrogens is 1. The SMILES string of the molecule is C=C1CCc2c(cc(C)n2C)C12CNCC2C(=O)N1CCC(c2ccccc2)CC1C=C1CCCCC1. The highest BCUT2D eigenvalue weighted by atomic mass is 16.2. The van der Waals surface area contributed by atoms with Crippen molar-refractivity contribution in [1.29, 1.82) is 0 Å². The third-order valence-electron chi connectivity index (χ3n) is 10.1. The van der Waals surface area contributed by atoms with E-state index in [1.807, 2.05) is 0 Å². The van der Waals surface area contributed by atoms with Crippen LogP contribution in [0.4, 0.5) is 0 Å². The van der Waals surface area contributed by atoms with Crippen LogP contribution in [0.3, 0.4) is 0 Å². The molecule has 4 atom stereocenters. The third kappa shape index (κ3) is 4.22. The zero-order chi connectivity index (χ0) is 25.6. The average molecular weight is 498 g/mol. The summed E-state index contributed by atoms with van der Waals surface area (Å²) in [4.78, 5) is 16.9. The summed E-state index contributed by atoms with van der Waals surface area (Å²) < 4.78 is 2.34. The number of nitrogens with zero attached hydrogens (tertiary/aromatic N) is 2. The first-order valence-electron chi connectivity index (χ1n) is 14.6. The molecular weight excluding hydrogens is 454 g/mol. The number of carbonyl (C=O) groups is 1. The number of allylic oxidation sites excluding steroid dienone is 1. The maximum Gasteiger partial charge on any atom is 0.228 e. The molecular formula is C33H43N3O. The van der Waals surface area contributed by atoms with E-state index in [1.54, 1.807) is 5.57 Å². The lowest BCUT2D eigenvalue weighted by Gasteiger charge is -2.45. The third-order valence-corrected chi connectivity index (χ3v) is 10.1. The second-order valence-corrected chi connectivity index (χ2v) is 12.1. The van der Waals surface area contributed by atoms with Crippen LogP contribution in [0.5, 0.6) is 0 Å². The molecule has 1 N–H and O–H groups in total. The first kappa shape index (κ1) is 24.7. The zero-order valence-electron chi connectivity index (χ0n) is 22.8. The number of piperidine rings is 1. The topological polar surface area (TPSA) is 37.3 Å². The van der Waals surface area contributed by atoms with Crippen molar-refractivity contribution >= 4 is 5.91 Å². The van der Waals surface area contributed by atoms with Crippen LogP contribution in [-0.4, -0.2) is 41.1 Å². The van der Waals surface area contributed by atoms with Gasteiger partial charge in [-0.25, -0.2) is 0 Å². The lowest BCUT2D eigenvalue weighted by atomic mass is 9.63. The van der Waals surface area contributed by atoms with E-state index < -0.39 is 0 Å². The Labute approximate surface area is 222 Å². The number of rotatable bonds is 3. The molecule has 4 aliphatic rings. The molecule has 2 saturated heterocycles. The van der Waals surface area contributed by atoms with Gasteiger partial charge in [-0.2, -0.15) is 0 Å². The van der Waals surface area contributed by atoms with Crippen LogP contribution in [-0.2, 0) is 23.7 Å². The predicted octanol–water partition coefficient (Wildman–Crippen LogP) is 5.96. The maximum atomic E-state index is 14.6. The van der Waals surface area contributed by atoms with E-state index in [9.17, 15) is 4.79 Å². The molecule has 4 nitrogen and oxygen atoms in total. The molecule has 1 spiro atoms. The molecule has 2 aromatic rings. The smallest absolute Gasteiger partial charge is 0.228 e. The molecule has 1 saturated carbocycles. The average Bonchev–Trinajstić information content (AvgIpc) is 3.49. The largest absolute Gasteiger partial charge is 0.352 e. The second kappa shape index (κ2) is 9.94. The first-order valence-corrected chi connectivity index (χ1v) is 14.6. The van der Waals surface area contributed by atoms with Gasteiger partial charge < -0.3 is 14.8 Å². The number of amides is 1. The predicted molar refractivity (Wildman–Crippen MR) is 151 cm³/mol. The van der Waals surface area contributed by atoms with Crippen molar-refractivity contribution in [2.24, 2.45) is 13.0 Å². The molecule has 6 rings (SSSR count). The molecule has 3 heterocycles. The van der Waals surface area contributed by atoms with E-state index in [0.717, 1.165) is 45.3 Å². The Balaban J connectivity index is 1.34. The summed E-state index contributed by atoms with van der Waals surface area (Å²) >= 11 is 0. The van der Waals surface area contributed by atoms with E-state index >= 15 is 0 Å². The van der Waals surface area contributed by atoms with Gasteiger partial charge in [0.25, 0.3) is 0 Å². The van der Waals surface area contributed by atoms with Crippen molar-refractivity contribution < 1.29 is 4.79 Å². The lowest BCUT2D eigenvalue weighted by Crippen LogP contribution is -2.53. The number of fused-ring (bicyclic) bond motifs is 2. The molecule has 3 fully saturated rings.